The van der Waals surface area contributed by atoms with Crippen molar-refractivity contribution in [3.8, 4) is 6.01 Å². The highest BCUT2D eigenvalue weighted by Gasteiger charge is 2.45. The fourth-order valence-corrected chi connectivity index (χ4v) is 2.72. The summed E-state index contributed by atoms with van der Waals surface area (Å²) in [6, 6.07) is -0.615. The third-order valence-corrected chi connectivity index (χ3v) is 3.94. The van der Waals surface area contributed by atoms with Gasteiger partial charge in [-0.3, -0.25) is 9.09 Å². The van der Waals surface area contributed by atoms with Crippen molar-refractivity contribution >= 4 is 24.8 Å². The summed E-state index contributed by atoms with van der Waals surface area (Å²) in [5, 5.41) is 29.5. The first-order valence-corrected chi connectivity index (χ1v) is 8.11. The Kier molecular flexibility index (Phi) is 4.17. The minimum atomic E-state index is -4.76. The van der Waals surface area contributed by atoms with Crippen molar-refractivity contribution in [1.29, 1.82) is 0 Å². The van der Waals surface area contributed by atoms with E-state index in [0.717, 1.165) is 0 Å². The first-order valence-electron chi connectivity index (χ1n) is 6.58. The molecule has 0 aliphatic carbocycles. The van der Waals surface area contributed by atoms with Gasteiger partial charge in [0.1, 0.15) is 18.3 Å². The molecule has 7 N–H and O–H groups in total. The number of nitrogens with zero attached hydrogens (tertiary/aromatic N) is 4. The average molecular weight is 363 g/mol. The Morgan fingerprint density at radius 1 is 1.33 bits per heavy atom. The van der Waals surface area contributed by atoms with Crippen LogP contribution in [0.1, 0.15) is 6.23 Å². The van der Waals surface area contributed by atoms with Gasteiger partial charge >= 0.3 is 13.8 Å². The van der Waals surface area contributed by atoms with E-state index >= 15 is 0 Å². The van der Waals surface area contributed by atoms with Crippen molar-refractivity contribution in [3.05, 3.63) is 6.33 Å². The second-order valence-corrected chi connectivity index (χ2v) is 6.30. The van der Waals surface area contributed by atoms with Crippen LogP contribution in [-0.2, 0) is 13.8 Å². The van der Waals surface area contributed by atoms with Crippen LogP contribution in [0, 0.1) is 0 Å². The Morgan fingerprint density at radius 3 is 2.71 bits per heavy atom. The minimum absolute atomic E-state index is 0.0489. The first-order chi connectivity index (χ1) is 11.2. The number of phosphoric acid groups is 1. The van der Waals surface area contributed by atoms with E-state index in [2.05, 4.69) is 19.5 Å². The number of aromatic hydroxyl groups is 1. The van der Waals surface area contributed by atoms with E-state index in [-0.39, 0.29) is 17.0 Å². The normalized spacial score (nSPS) is 27.8. The molecule has 1 fully saturated rings. The van der Waals surface area contributed by atoms with Gasteiger partial charge in [-0.1, -0.05) is 0 Å². The predicted molar refractivity (Wildman–Crippen MR) is 75.3 cm³/mol. The number of nitrogens with two attached hydrogens (primary N) is 1. The van der Waals surface area contributed by atoms with E-state index in [9.17, 15) is 19.9 Å². The highest BCUT2D eigenvalue weighted by Crippen LogP contribution is 2.38. The number of anilines is 1. The molecule has 24 heavy (non-hydrogen) atoms. The summed E-state index contributed by atoms with van der Waals surface area (Å²) < 4.78 is 21.6. The number of aliphatic hydroxyl groups excluding tert-OH is 2. The number of nitrogen functional groups attached to an aromatic ring is 1. The number of phosphoric ester groups is 1. The molecular weight excluding hydrogens is 349 g/mol. The van der Waals surface area contributed by atoms with Crippen LogP contribution in [0.5, 0.6) is 6.01 Å². The number of ether oxygens (including phenoxy) is 1. The van der Waals surface area contributed by atoms with Crippen LogP contribution >= 0.6 is 7.82 Å². The largest absolute Gasteiger partial charge is 0.479 e. The zero-order chi connectivity index (χ0) is 17.6. The van der Waals surface area contributed by atoms with Gasteiger partial charge in [-0.15, -0.1) is 0 Å². The fourth-order valence-electron chi connectivity index (χ4n) is 2.38. The molecule has 0 aromatic carbocycles. The quantitative estimate of drug-likeness (QED) is 0.321. The molecule has 1 aliphatic heterocycles. The number of hydrogen-bond acceptors (Lipinski definition) is 10. The average Bonchev–Trinajstić information content (AvgIpc) is 3.00. The lowest BCUT2D eigenvalue weighted by Gasteiger charge is -2.16. The zero-order valence-corrected chi connectivity index (χ0v) is 12.8. The summed E-state index contributed by atoms with van der Waals surface area (Å²) in [6.45, 7) is -0.645. The fraction of sp³-hybridized carbons (Fsp3) is 0.500. The molecule has 14 heteroatoms. The summed E-state index contributed by atoms with van der Waals surface area (Å²) in [4.78, 5) is 28.6. The van der Waals surface area contributed by atoms with Gasteiger partial charge in [0, 0.05) is 0 Å². The second kappa shape index (κ2) is 5.89. The Bertz CT molecular complexity index is 808. The van der Waals surface area contributed by atoms with Crippen molar-refractivity contribution in [2.45, 2.75) is 24.5 Å². The van der Waals surface area contributed by atoms with E-state index in [1.165, 1.54) is 10.9 Å². The molecule has 0 amide bonds. The van der Waals surface area contributed by atoms with E-state index in [4.69, 9.17) is 20.3 Å². The highest BCUT2D eigenvalue weighted by atomic mass is 31.2. The molecular formula is C10H14N5O8P. The molecule has 0 bridgehead atoms. The number of aromatic nitrogens is 4. The molecule has 0 spiro atoms. The predicted octanol–water partition coefficient (Wildman–Crippen LogP) is -2.16. The summed E-state index contributed by atoms with van der Waals surface area (Å²) in [6.07, 6.45) is -4.13. The number of hydrogen-bond donors (Lipinski definition) is 6. The van der Waals surface area contributed by atoms with Crippen molar-refractivity contribution in [1.82, 2.24) is 19.5 Å². The zero-order valence-electron chi connectivity index (χ0n) is 11.9. The number of rotatable bonds is 4. The molecule has 2 aromatic rings. The van der Waals surface area contributed by atoms with Crippen LogP contribution in [0.2, 0.25) is 0 Å². The smallest absolute Gasteiger partial charge is 0.469 e. The molecule has 2 aromatic heterocycles. The summed E-state index contributed by atoms with van der Waals surface area (Å²) in [5.41, 5.74) is 5.80. The monoisotopic (exact) mass is 363 g/mol. The number of imidazole rings is 1. The topological polar surface area (TPSA) is 206 Å². The molecule has 1 aliphatic rings. The van der Waals surface area contributed by atoms with Gasteiger partial charge in [0.2, 0.25) is 0 Å². The molecule has 132 valence electrons. The lowest BCUT2D eigenvalue weighted by molar-refractivity contribution is -0.0504. The van der Waals surface area contributed by atoms with Crippen molar-refractivity contribution in [2.24, 2.45) is 0 Å². The molecule has 3 rings (SSSR count). The maximum atomic E-state index is 10.7. The SMILES string of the molecule is Nc1nc(O)nc2c1ncn2[C@@H]1O[C@H](COP(=O)(O)O)[C@@H](O)[C@@H]1O. The maximum Gasteiger partial charge on any atom is 0.469 e. The van der Waals surface area contributed by atoms with Crippen LogP contribution in [-0.4, -0.2) is 69.5 Å². The van der Waals surface area contributed by atoms with Gasteiger partial charge in [-0.2, -0.15) is 9.97 Å². The highest BCUT2D eigenvalue weighted by molar-refractivity contribution is 7.46. The molecule has 4 atom stereocenters. The van der Waals surface area contributed by atoms with Crippen molar-refractivity contribution in [3.63, 3.8) is 0 Å². The van der Waals surface area contributed by atoms with Gasteiger partial charge in [-0.05, 0) is 0 Å². The third kappa shape index (κ3) is 3.06. The first kappa shape index (κ1) is 17.0. The number of fused-ring (bicyclic) bond motifs is 1. The van der Waals surface area contributed by atoms with Crippen LogP contribution in [0.15, 0.2) is 6.33 Å². The molecule has 1 saturated heterocycles. The Hall–Kier alpha value is -1.86. The van der Waals surface area contributed by atoms with E-state index in [0.29, 0.717) is 0 Å². The minimum Gasteiger partial charge on any atom is -0.479 e. The van der Waals surface area contributed by atoms with Gasteiger partial charge in [0.05, 0.1) is 12.9 Å². The molecule has 13 nitrogen and oxygen atoms in total. The van der Waals surface area contributed by atoms with E-state index in [1.54, 1.807) is 0 Å². The Morgan fingerprint density at radius 2 is 2.04 bits per heavy atom. The summed E-state index contributed by atoms with van der Waals surface area (Å²) >= 11 is 0. The summed E-state index contributed by atoms with van der Waals surface area (Å²) in [7, 11) is -4.76. The Labute approximate surface area is 133 Å². The molecule has 0 saturated carbocycles. The maximum absolute atomic E-state index is 10.7. The molecule has 0 unspecified atom stereocenters. The van der Waals surface area contributed by atoms with Crippen molar-refractivity contribution in [2.75, 3.05) is 12.3 Å². The summed E-state index contributed by atoms with van der Waals surface area (Å²) in [5.74, 6) is -0.0920. The van der Waals surface area contributed by atoms with Crippen LogP contribution < -0.4 is 5.73 Å². The van der Waals surface area contributed by atoms with Gasteiger partial charge in [0.15, 0.2) is 23.2 Å². The second-order valence-electron chi connectivity index (χ2n) is 5.07. The van der Waals surface area contributed by atoms with Crippen LogP contribution in [0.25, 0.3) is 11.2 Å². The van der Waals surface area contributed by atoms with Gasteiger partial charge < -0.3 is 35.6 Å². The molecule has 0 radical (unpaired) electrons. The van der Waals surface area contributed by atoms with Gasteiger partial charge in [-0.25, -0.2) is 9.55 Å². The van der Waals surface area contributed by atoms with Crippen LogP contribution in [0.4, 0.5) is 5.82 Å². The van der Waals surface area contributed by atoms with Crippen LogP contribution in [0.3, 0.4) is 0 Å². The standard InChI is InChI=1S/C10H14N5O8P/c11-7-4-8(14-10(18)13-7)15(2-12-4)9-6(17)5(16)3(23-9)1-22-24(19,20)21/h2-3,5-6,9,16-17H,1H2,(H2,19,20,21)(H3,11,13,14,18)/t3-,5-,6+,9-/m1/s1. The van der Waals surface area contributed by atoms with Crippen molar-refractivity contribution < 1.29 is 38.9 Å². The lowest BCUT2D eigenvalue weighted by Crippen LogP contribution is -2.33. The van der Waals surface area contributed by atoms with E-state index < -0.39 is 45.0 Å². The third-order valence-electron chi connectivity index (χ3n) is 3.45. The van der Waals surface area contributed by atoms with Gasteiger partial charge in [0.25, 0.3) is 0 Å². The Balaban J connectivity index is 1.89. The lowest BCUT2D eigenvalue weighted by atomic mass is 10.1. The van der Waals surface area contributed by atoms with E-state index in [1.807, 2.05) is 0 Å². The number of aliphatic hydroxyl groups is 2. The molecule has 3 heterocycles.